The van der Waals surface area contributed by atoms with Crippen LogP contribution in [0.15, 0.2) is 29.2 Å². The van der Waals surface area contributed by atoms with Gasteiger partial charge < -0.3 is 10.0 Å². The van der Waals surface area contributed by atoms with Crippen LogP contribution in [0.4, 0.5) is 4.39 Å². The van der Waals surface area contributed by atoms with E-state index < -0.39 is 0 Å². The van der Waals surface area contributed by atoms with Crippen LogP contribution in [0.25, 0.3) is 0 Å². The Balaban J connectivity index is 2.31. The molecule has 19 heavy (non-hydrogen) atoms. The summed E-state index contributed by atoms with van der Waals surface area (Å²) in [6, 6.07) is 6.27. The molecule has 106 valence electrons. The van der Waals surface area contributed by atoms with Crippen LogP contribution < -0.4 is 0 Å². The number of nitrogens with zero attached hydrogens (tertiary/aromatic N) is 1. The van der Waals surface area contributed by atoms with Crippen molar-refractivity contribution >= 4 is 17.7 Å². The molecule has 1 amide bonds. The van der Waals surface area contributed by atoms with Gasteiger partial charge in [0.05, 0.1) is 0 Å². The summed E-state index contributed by atoms with van der Waals surface area (Å²) in [5.74, 6) is 0.534. The average Bonchev–Trinajstić information content (AvgIpc) is 2.42. The lowest BCUT2D eigenvalue weighted by Crippen LogP contribution is -2.32. The molecule has 1 aromatic carbocycles. The fourth-order valence-electron chi connectivity index (χ4n) is 1.67. The first-order chi connectivity index (χ1) is 9.17. The van der Waals surface area contributed by atoms with Crippen molar-refractivity contribution in [3.05, 3.63) is 30.1 Å². The van der Waals surface area contributed by atoms with Gasteiger partial charge >= 0.3 is 0 Å². The lowest BCUT2D eigenvalue weighted by molar-refractivity contribution is -0.130. The molecular weight excluding hydrogens is 265 g/mol. The standard InChI is InChI=1S/C14H20FNO2S/c1-2-16(9-3-10-17)14(18)8-11-19-13-6-4-12(15)5-7-13/h4-7,17H,2-3,8-11H2,1H3. The maximum absolute atomic E-state index is 12.7. The van der Waals surface area contributed by atoms with Crippen LogP contribution in [0, 0.1) is 5.82 Å². The fraction of sp³-hybridized carbons (Fsp3) is 0.500. The molecule has 0 unspecified atom stereocenters. The molecule has 0 heterocycles. The quantitative estimate of drug-likeness (QED) is 0.746. The number of aliphatic hydroxyl groups is 1. The van der Waals surface area contributed by atoms with Crippen LogP contribution in [0.5, 0.6) is 0 Å². The molecule has 0 atom stereocenters. The van der Waals surface area contributed by atoms with Crippen LogP contribution in [0.2, 0.25) is 0 Å². The van der Waals surface area contributed by atoms with Gasteiger partial charge in [-0.25, -0.2) is 4.39 Å². The number of amides is 1. The van der Waals surface area contributed by atoms with Gasteiger partial charge in [0.15, 0.2) is 0 Å². The molecule has 1 rings (SSSR count). The van der Waals surface area contributed by atoms with E-state index in [1.807, 2.05) is 6.92 Å². The molecule has 0 saturated carbocycles. The molecule has 1 N–H and O–H groups in total. The van der Waals surface area contributed by atoms with E-state index in [9.17, 15) is 9.18 Å². The third-order valence-electron chi connectivity index (χ3n) is 2.72. The molecular formula is C14H20FNO2S. The number of thioether (sulfide) groups is 1. The number of aliphatic hydroxyl groups excluding tert-OH is 1. The average molecular weight is 285 g/mol. The Morgan fingerprint density at radius 1 is 1.37 bits per heavy atom. The van der Waals surface area contributed by atoms with E-state index in [0.29, 0.717) is 31.7 Å². The van der Waals surface area contributed by atoms with Crippen molar-refractivity contribution in [1.29, 1.82) is 0 Å². The second-order valence-electron chi connectivity index (χ2n) is 4.10. The second-order valence-corrected chi connectivity index (χ2v) is 5.27. The van der Waals surface area contributed by atoms with Crippen LogP contribution >= 0.6 is 11.8 Å². The monoisotopic (exact) mass is 285 g/mol. The molecule has 0 bridgehead atoms. The number of hydrogen-bond acceptors (Lipinski definition) is 3. The summed E-state index contributed by atoms with van der Waals surface area (Å²) >= 11 is 1.55. The first kappa shape index (κ1) is 16.0. The van der Waals surface area contributed by atoms with Crippen LogP contribution in [-0.2, 0) is 4.79 Å². The maximum atomic E-state index is 12.7. The normalized spacial score (nSPS) is 10.5. The zero-order valence-corrected chi connectivity index (χ0v) is 12.0. The Morgan fingerprint density at radius 3 is 2.63 bits per heavy atom. The van der Waals surface area contributed by atoms with Gasteiger partial charge in [-0.1, -0.05) is 0 Å². The topological polar surface area (TPSA) is 40.5 Å². The van der Waals surface area contributed by atoms with Crippen LogP contribution in [0.1, 0.15) is 19.8 Å². The van der Waals surface area contributed by atoms with E-state index in [4.69, 9.17) is 5.11 Å². The number of carbonyl (C=O) groups excluding carboxylic acids is 1. The summed E-state index contributed by atoms with van der Waals surface area (Å²) in [4.78, 5) is 14.6. The molecule has 1 aromatic rings. The Hall–Kier alpha value is -1.07. The smallest absolute Gasteiger partial charge is 0.223 e. The van der Waals surface area contributed by atoms with Crippen LogP contribution in [-0.4, -0.2) is 41.4 Å². The van der Waals surface area contributed by atoms with E-state index in [-0.39, 0.29) is 18.3 Å². The van der Waals surface area contributed by atoms with Crippen LogP contribution in [0.3, 0.4) is 0 Å². The van der Waals surface area contributed by atoms with Gasteiger partial charge in [-0.2, -0.15) is 0 Å². The van der Waals surface area contributed by atoms with Gasteiger partial charge in [-0.15, -0.1) is 11.8 Å². The maximum Gasteiger partial charge on any atom is 0.223 e. The van der Waals surface area contributed by atoms with E-state index >= 15 is 0 Å². The van der Waals surface area contributed by atoms with Crippen molar-refractivity contribution in [3.8, 4) is 0 Å². The summed E-state index contributed by atoms with van der Waals surface area (Å²) < 4.78 is 12.7. The van der Waals surface area contributed by atoms with Crippen molar-refractivity contribution in [3.63, 3.8) is 0 Å². The van der Waals surface area contributed by atoms with E-state index in [0.717, 1.165) is 4.90 Å². The van der Waals surface area contributed by atoms with E-state index in [2.05, 4.69) is 0 Å². The fourth-order valence-corrected chi connectivity index (χ4v) is 2.51. The predicted octanol–water partition coefficient (Wildman–Crippen LogP) is 2.54. The number of halogens is 1. The minimum atomic E-state index is -0.249. The molecule has 0 aromatic heterocycles. The highest BCUT2D eigenvalue weighted by atomic mass is 32.2. The van der Waals surface area contributed by atoms with E-state index in [1.165, 1.54) is 12.1 Å². The Bertz CT molecular complexity index is 384. The van der Waals surface area contributed by atoms with Crippen molar-refractivity contribution < 1.29 is 14.3 Å². The summed E-state index contributed by atoms with van der Waals surface area (Å²) in [6.45, 7) is 3.31. The molecule has 0 fully saturated rings. The minimum absolute atomic E-state index is 0.102. The zero-order chi connectivity index (χ0) is 14.1. The highest BCUT2D eigenvalue weighted by Gasteiger charge is 2.10. The first-order valence-electron chi connectivity index (χ1n) is 6.44. The molecule has 5 heteroatoms. The van der Waals surface area contributed by atoms with E-state index in [1.54, 1.807) is 28.8 Å². The largest absolute Gasteiger partial charge is 0.396 e. The Labute approximate surface area is 117 Å². The highest BCUT2D eigenvalue weighted by molar-refractivity contribution is 7.99. The second kappa shape index (κ2) is 8.93. The number of benzene rings is 1. The molecule has 0 aliphatic rings. The molecule has 0 aliphatic heterocycles. The predicted molar refractivity (Wildman–Crippen MR) is 75.7 cm³/mol. The lowest BCUT2D eigenvalue weighted by atomic mass is 10.3. The molecule has 3 nitrogen and oxygen atoms in total. The lowest BCUT2D eigenvalue weighted by Gasteiger charge is -2.20. The summed E-state index contributed by atoms with van der Waals surface area (Å²) in [6.07, 6.45) is 1.08. The van der Waals surface area contributed by atoms with Gasteiger partial charge in [0.1, 0.15) is 5.82 Å². The van der Waals surface area contributed by atoms with Gasteiger partial charge in [0.2, 0.25) is 5.91 Å². The Kier molecular flexibility index (Phi) is 7.52. The van der Waals surface area contributed by atoms with Gasteiger partial charge in [-0.05, 0) is 37.6 Å². The molecule has 0 spiro atoms. The van der Waals surface area contributed by atoms with Crippen molar-refractivity contribution in [2.75, 3.05) is 25.4 Å². The van der Waals surface area contributed by atoms with Crippen molar-refractivity contribution in [1.82, 2.24) is 4.90 Å². The number of hydrogen-bond donors (Lipinski definition) is 1. The molecule has 0 aliphatic carbocycles. The van der Waals surface area contributed by atoms with Gasteiger partial charge in [0.25, 0.3) is 0 Å². The summed E-state index contributed by atoms with van der Waals surface area (Å²) in [7, 11) is 0. The number of rotatable bonds is 8. The Morgan fingerprint density at radius 2 is 2.05 bits per heavy atom. The van der Waals surface area contributed by atoms with Crippen molar-refractivity contribution in [2.45, 2.75) is 24.7 Å². The first-order valence-corrected chi connectivity index (χ1v) is 7.43. The van der Waals surface area contributed by atoms with Gasteiger partial charge in [-0.3, -0.25) is 4.79 Å². The van der Waals surface area contributed by atoms with Crippen molar-refractivity contribution in [2.24, 2.45) is 0 Å². The third kappa shape index (κ3) is 6.07. The highest BCUT2D eigenvalue weighted by Crippen LogP contribution is 2.19. The number of carbonyl (C=O) groups is 1. The summed E-state index contributed by atoms with van der Waals surface area (Å²) in [5, 5.41) is 8.77. The molecule has 0 radical (unpaired) electrons. The zero-order valence-electron chi connectivity index (χ0n) is 11.1. The molecule has 0 saturated heterocycles. The van der Waals surface area contributed by atoms with Gasteiger partial charge in [0, 0.05) is 36.8 Å². The minimum Gasteiger partial charge on any atom is -0.396 e. The SMILES string of the molecule is CCN(CCCO)C(=O)CCSc1ccc(F)cc1. The third-order valence-corrected chi connectivity index (χ3v) is 3.73. The summed E-state index contributed by atoms with van der Waals surface area (Å²) in [5.41, 5.74) is 0.